The van der Waals surface area contributed by atoms with Crippen LogP contribution in [-0.2, 0) is 9.84 Å². The highest BCUT2D eigenvalue weighted by molar-refractivity contribution is 7.90. The Hall–Kier alpha value is -0.810. The molecule has 0 atom stereocenters. The molecule has 72 valence electrons. The predicted molar refractivity (Wildman–Crippen MR) is 49.9 cm³/mol. The third-order valence-electron chi connectivity index (χ3n) is 1.61. The average Bonchev–Trinajstić information content (AvgIpc) is 1.95. The van der Waals surface area contributed by atoms with Crippen molar-refractivity contribution in [2.24, 2.45) is 0 Å². The van der Waals surface area contributed by atoms with E-state index < -0.39 is 15.4 Å². The molecule has 0 amide bonds. The number of pyridine rings is 1. The molecule has 0 aliphatic heterocycles. The number of hydrogen-bond acceptors (Lipinski definition) is 3. The first-order chi connectivity index (χ1) is 5.84. The smallest absolute Gasteiger partial charge is 0.267 e. The van der Waals surface area contributed by atoms with Gasteiger partial charge in [0.1, 0.15) is 4.90 Å². The molecule has 1 aromatic rings. The number of aromatic nitrogens is 1. The fourth-order valence-electron chi connectivity index (χ4n) is 1.03. The molecule has 1 N–H and O–H groups in total. The quantitative estimate of drug-likeness (QED) is 0.761. The molecule has 0 radical (unpaired) electrons. The van der Waals surface area contributed by atoms with Crippen molar-refractivity contribution in [3.05, 3.63) is 27.1 Å². The Morgan fingerprint density at radius 1 is 1.46 bits per heavy atom. The molecule has 4 nitrogen and oxygen atoms in total. The number of aromatic amines is 1. The topological polar surface area (TPSA) is 67.0 Å². The molecule has 1 heterocycles. The first-order valence-electron chi connectivity index (χ1n) is 3.42. The lowest BCUT2D eigenvalue weighted by Gasteiger charge is -2.02. The second-order valence-electron chi connectivity index (χ2n) is 2.69. The van der Waals surface area contributed by atoms with E-state index in [9.17, 15) is 13.2 Å². The van der Waals surface area contributed by atoms with Crippen molar-refractivity contribution in [1.82, 2.24) is 4.98 Å². The molecule has 0 unspecified atom stereocenters. The SMILES string of the molecule is Cc1c(Cl)c[nH]c(=O)c1S(C)(=O)=O. The van der Waals surface area contributed by atoms with E-state index in [2.05, 4.69) is 4.98 Å². The lowest BCUT2D eigenvalue weighted by Crippen LogP contribution is -2.18. The lowest BCUT2D eigenvalue weighted by atomic mass is 10.3. The van der Waals surface area contributed by atoms with Gasteiger partial charge in [0.15, 0.2) is 9.84 Å². The maximum Gasteiger partial charge on any atom is 0.267 e. The molecular weight excluding hydrogens is 214 g/mol. The van der Waals surface area contributed by atoms with Crippen molar-refractivity contribution in [2.45, 2.75) is 11.8 Å². The number of hydrogen-bond donors (Lipinski definition) is 1. The normalized spacial score (nSPS) is 11.6. The first kappa shape index (κ1) is 10.3. The third kappa shape index (κ3) is 1.92. The van der Waals surface area contributed by atoms with E-state index in [1.165, 1.54) is 13.1 Å². The minimum atomic E-state index is -3.51. The molecule has 0 aliphatic carbocycles. The summed E-state index contributed by atoms with van der Waals surface area (Å²) in [5, 5.41) is 0.236. The maximum atomic E-state index is 11.1. The molecule has 0 saturated carbocycles. The van der Waals surface area contributed by atoms with Crippen molar-refractivity contribution in [1.29, 1.82) is 0 Å². The van der Waals surface area contributed by atoms with Crippen molar-refractivity contribution in [2.75, 3.05) is 6.26 Å². The summed E-state index contributed by atoms with van der Waals surface area (Å²) in [7, 11) is -3.51. The van der Waals surface area contributed by atoms with Gasteiger partial charge in [-0.2, -0.15) is 0 Å². The Labute approximate surface area is 80.5 Å². The molecule has 0 bridgehead atoms. The van der Waals surface area contributed by atoms with Crippen LogP contribution in [0.4, 0.5) is 0 Å². The van der Waals surface area contributed by atoms with Crippen LogP contribution >= 0.6 is 11.6 Å². The molecule has 0 aromatic carbocycles. The molecule has 0 fully saturated rings. The second-order valence-corrected chi connectivity index (χ2v) is 5.05. The highest BCUT2D eigenvalue weighted by Gasteiger charge is 2.17. The first-order valence-corrected chi connectivity index (χ1v) is 5.69. The highest BCUT2D eigenvalue weighted by Crippen LogP contribution is 2.17. The Morgan fingerprint density at radius 2 is 2.00 bits per heavy atom. The number of rotatable bonds is 1. The summed E-state index contributed by atoms with van der Waals surface area (Å²) in [6.07, 6.45) is 2.24. The zero-order valence-corrected chi connectivity index (χ0v) is 8.66. The van der Waals surface area contributed by atoms with E-state index in [1.807, 2.05) is 0 Å². The second kappa shape index (κ2) is 3.16. The van der Waals surface area contributed by atoms with E-state index in [0.717, 1.165) is 6.26 Å². The number of sulfone groups is 1. The summed E-state index contributed by atoms with van der Waals surface area (Å²) in [5.41, 5.74) is -0.350. The van der Waals surface area contributed by atoms with Crippen LogP contribution in [0.15, 0.2) is 15.9 Å². The highest BCUT2D eigenvalue weighted by atomic mass is 35.5. The number of halogens is 1. The van der Waals surface area contributed by atoms with Gasteiger partial charge in [0.2, 0.25) is 0 Å². The Bertz CT molecular complexity index is 489. The van der Waals surface area contributed by atoms with Gasteiger partial charge < -0.3 is 4.98 Å². The molecule has 1 aromatic heterocycles. The van der Waals surface area contributed by atoms with Gasteiger partial charge in [0.05, 0.1) is 5.02 Å². The lowest BCUT2D eigenvalue weighted by molar-refractivity contribution is 0.600. The van der Waals surface area contributed by atoms with Gasteiger partial charge in [0.25, 0.3) is 5.56 Å². The van der Waals surface area contributed by atoms with E-state index in [1.54, 1.807) is 0 Å². The van der Waals surface area contributed by atoms with Crippen LogP contribution in [0.5, 0.6) is 0 Å². The summed E-state index contributed by atoms with van der Waals surface area (Å²) in [5.74, 6) is 0. The minimum absolute atomic E-state index is 0.236. The molecule has 6 heteroatoms. The van der Waals surface area contributed by atoms with Gasteiger partial charge >= 0.3 is 0 Å². The molecule has 0 saturated heterocycles. The van der Waals surface area contributed by atoms with Crippen molar-refractivity contribution in [3.63, 3.8) is 0 Å². The zero-order chi connectivity index (χ0) is 10.2. The van der Waals surface area contributed by atoms with E-state index >= 15 is 0 Å². The van der Waals surface area contributed by atoms with Crippen molar-refractivity contribution < 1.29 is 8.42 Å². The van der Waals surface area contributed by atoms with Crippen molar-refractivity contribution >= 4 is 21.4 Å². The van der Waals surface area contributed by atoms with Gasteiger partial charge in [-0.25, -0.2) is 8.42 Å². The van der Waals surface area contributed by atoms with Gasteiger partial charge in [-0.3, -0.25) is 4.79 Å². The average molecular weight is 222 g/mol. The van der Waals surface area contributed by atoms with Crippen LogP contribution in [0.1, 0.15) is 5.56 Å². The summed E-state index contributed by atoms with van der Waals surface area (Å²) < 4.78 is 22.3. The summed E-state index contributed by atoms with van der Waals surface area (Å²) in [4.78, 5) is 13.1. The maximum absolute atomic E-state index is 11.1. The molecule has 1 rings (SSSR count). The van der Waals surface area contributed by atoms with Crippen LogP contribution in [0.25, 0.3) is 0 Å². The molecule has 0 aliphatic rings. The molecular formula is C7H8ClNO3S. The van der Waals surface area contributed by atoms with Crippen LogP contribution in [-0.4, -0.2) is 19.7 Å². The molecule has 13 heavy (non-hydrogen) atoms. The standard InChI is InChI=1S/C7H8ClNO3S/c1-4-5(8)3-9-7(10)6(4)13(2,11)12/h3H,1-2H3,(H,9,10). The third-order valence-corrected chi connectivity index (χ3v) is 3.23. The Morgan fingerprint density at radius 3 is 2.38 bits per heavy atom. The van der Waals surface area contributed by atoms with E-state index in [0.29, 0.717) is 0 Å². The summed E-state index contributed by atoms with van der Waals surface area (Å²) in [6.45, 7) is 1.49. The Kier molecular flexibility index (Phi) is 2.49. The predicted octanol–water partition coefficient (Wildman–Crippen LogP) is 0.740. The Balaban J connectivity index is 3.73. The fourth-order valence-corrected chi connectivity index (χ4v) is 2.29. The summed E-state index contributed by atoms with van der Waals surface area (Å²) in [6, 6.07) is 0. The van der Waals surface area contributed by atoms with Gasteiger partial charge in [-0.05, 0) is 12.5 Å². The molecule has 0 spiro atoms. The van der Waals surface area contributed by atoms with Crippen LogP contribution in [0, 0.1) is 6.92 Å². The number of H-pyrrole nitrogens is 1. The van der Waals surface area contributed by atoms with E-state index in [4.69, 9.17) is 11.6 Å². The number of nitrogens with one attached hydrogen (secondary N) is 1. The van der Waals surface area contributed by atoms with Crippen molar-refractivity contribution in [3.8, 4) is 0 Å². The van der Waals surface area contributed by atoms with Crippen LogP contribution < -0.4 is 5.56 Å². The van der Waals surface area contributed by atoms with E-state index in [-0.39, 0.29) is 15.5 Å². The van der Waals surface area contributed by atoms with Crippen LogP contribution in [0.3, 0.4) is 0 Å². The fraction of sp³-hybridized carbons (Fsp3) is 0.286. The van der Waals surface area contributed by atoms with Gasteiger partial charge in [-0.1, -0.05) is 11.6 Å². The van der Waals surface area contributed by atoms with Crippen LogP contribution in [0.2, 0.25) is 5.02 Å². The van der Waals surface area contributed by atoms with Gasteiger partial charge in [0, 0.05) is 12.5 Å². The minimum Gasteiger partial charge on any atom is -0.326 e. The largest absolute Gasteiger partial charge is 0.326 e. The zero-order valence-electron chi connectivity index (χ0n) is 7.09. The summed E-state index contributed by atoms with van der Waals surface area (Å²) >= 11 is 5.66. The monoisotopic (exact) mass is 221 g/mol. The van der Waals surface area contributed by atoms with Gasteiger partial charge in [-0.15, -0.1) is 0 Å².